The molecule has 0 spiro atoms. The first kappa shape index (κ1) is 10.5. The molecule has 2 aromatic rings. The second-order valence-electron chi connectivity index (χ2n) is 3.09. The molecule has 0 aliphatic rings. The highest BCUT2D eigenvalue weighted by Gasteiger charge is 2.35. The minimum Gasteiger partial charge on any atom is -0.464 e. The van der Waals surface area contributed by atoms with E-state index in [-0.39, 0.29) is 11.0 Å². The summed E-state index contributed by atoms with van der Waals surface area (Å²) in [5.74, 6) is -0.905. The number of halogens is 4. The molecular formula is C10H3F4NO. The Kier molecular flexibility index (Phi) is 2.12. The lowest BCUT2D eigenvalue weighted by molar-refractivity contribution is -0.136. The van der Waals surface area contributed by atoms with Gasteiger partial charge in [-0.1, -0.05) is 0 Å². The molecule has 16 heavy (non-hydrogen) atoms. The Morgan fingerprint density at radius 2 is 1.94 bits per heavy atom. The van der Waals surface area contributed by atoms with Crippen LogP contribution < -0.4 is 0 Å². The van der Waals surface area contributed by atoms with E-state index in [1.165, 1.54) is 6.07 Å². The normalized spacial score (nSPS) is 11.7. The van der Waals surface area contributed by atoms with E-state index in [0.717, 1.165) is 12.1 Å². The van der Waals surface area contributed by atoms with Crippen molar-refractivity contribution in [1.82, 2.24) is 0 Å². The molecule has 1 heterocycles. The molecule has 2 nitrogen and oxygen atoms in total. The second kappa shape index (κ2) is 3.23. The number of alkyl halides is 3. The standard InChI is InChI=1S/C10H3F4NO/c11-8-2-9-6(1-5(8)3-15)7(4-16-9)10(12,13)14/h1-2,4H. The van der Waals surface area contributed by atoms with Crippen LogP contribution in [0.15, 0.2) is 22.8 Å². The van der Waals surface area contributed by atoms with E-state index in [9.17, 15) is 17.6 Å². The maximum atomic E-state index is 13.1. The quantitative estimate of drug-likeness (QED) is 0.648. The Balaban J connectivity index is 2.78. The number of fused-ring (bicyclic) bond motifs is 1. The molecule has 82 valence electrons. The Labute approximate surface area is 86.7 Å². The van der Waals surface area contributed by atoms with Crippen LogP contribution >= 0.6 is 0 Å². The minimum absolute atomic E-state index is 0.233. The second-order valence-corrected chi connectivity index (χ2v) is 3.09. The molecule has 6 heteroatoms. The van der Waals surface area contributed by atoms with Crippen molar-refractivity contribution in [3.63, 3.8) is 0 Å². The average molecular weight is 229 g/mol. The lowest BCUT2D eigenvalue weighted by Gasteiger charge is -2.02. The summed E-state index contributed by atoms with van der Waals surface area (Å²) in [5, 5.41) is 8.19. The van der Waals surface area contributed by atoms with E-state index in [1.54, 1.807) is 0 Å². The van der Waals surface area contributed by atoms with E-state index >= 15 is 0 Å². The SMILES string of the molecule is N#Cc1cc2c(C(F)(F)F)coc2cc1F. The fourth-order valence-corrected chi connectivity index (χ4v) is 1.35. The van der Waals surface area contributed by atoms with E-state index < -0.39 is 23.1 Å². The first-order valence-corrected chi connectivity index (χ1v) is 4.11. The summed E-state index contributed by atoms with van der Waals surface area (Å²) in [6, 6.07) is 3.07. The zero-order valence-corrected chi connectivity index (χ0v) is 7.60. The molecular weight excluding hydrogens is 226 g/mol. The molecule has 0 atom stereocenters. The highest BCUT2D eigenvalue weighted by Crippen LogP contribution is 2.36. The number of hydrogen-bond acceptors (Lipinski definition) is 2. The maximum absolute atomic E-state index is 13.1. The summed E-state index contributed by atoms with van der Waals surface area (Å²) in [7, 11) is 0. The van der Waals surface area contributed by atoms with Gasteiger partial charge in [0.15, 0.2) is 0 Å². The van der Waals surface area contributed by atoms with Gasteiger partial charge < -0.3 is 4.42 Å². The van der Waals surface area contributed by atoms with Crippen LogP contribution in [0.2, 0.25) is 0 Å². The van der Waals surface area contributed by atoms with E-state index in [1.807, 2.05) is 0 Å². The van der Waals surface area contributed by atoms with Crippen LogP contribution in [0.5, 0.6) is 0 Å². The molecule has 0 unspecified atom stereocenters. The molecule has 1 aromatic heterocycles. The topological polar surface area (TPSA) is 36.9 Å². The zero-order valence-electron chi connectivity index (χ0n) is 7.60. The van der Waals surface area contributed by atoms with Crippen LogP contribution in [0.3, 0.4) is 0 Å². The van der Waals surface area contributed by atoms with Gasteiger partial charge in [0.2, 0.25) is 0 Å². The molecule has 0 amide bonds. The van der Waals surface area contributed by atoms with Gasteiger partial charge in [-0.25, -0.2) is 4.39 Å². The number of nitriles is 1. The molecule has 0 aliphatic carbocycles. The molecule has 0 N–H and O–H groups in total. The van der Waals surface area contributed by atoms with Gasteiger partial charge in [0.1, 0.15) is 29.3 Å². The van der Waals surface area contributed by atoms with Crippen molar-refractivity contribution in [2.24, 2.45) is 0 Å². The van der Waals surface area contributed by atoms with Crippen LogP contribution in [0, 0.1) is 17.1 Å². The predicted molar refractivity (Wildman–Crippen MR) is 45.9 cm³/mol. The minimum atomic E-state index is -4.59. The summed E-state index contributed by atoms with van der Waals surface area (Å²) in [5.41, 5.74) is -1.69. The number of hydrogen-bond donors (Lipinski definition) is 0. The molecule has 0 saturated carbocycles. The van der Waals surface area contributed by atoms with Crippen LogP contribution in [0.25, 0.3) is 11.0 Å². The largest absolute Gasteiger partial charge is 0.464 e. The van der Waals surface area contributed by atoms with Crippen LogP contribution in [0.1, 0.15) is 11.1 Å². The average Bonchev–Trinajstić information content (AvgIpc) is 2.58. The van der Waals surface area contributed by atoms with Gasteiger partial charge in [-0.3, -0.25) is 0 Å². The summed E-state index contributed by atoms with van der Waals surface area (Å²) < 4.78 is 55.0. The Morgan fingerprint density at radius 3 is 2.50 bits per heavy atom. The Morgan fingerprint density at radius 1 is 1.25 bits per heavy atom. The third-order valence-electron chi connectivity index (χ3n) is 2.09. The lowest BCUT2D eigenvalue weighted by Crippen LogP contribution is -2.03. The van der Waals surface area contributed by atoms with Crippen molar-refractivity contribution in [3.8, 4) is 6.07 Å². The number of benzene rings is 1. The van der Waals surface area contributed by atoms with E-state index in [0.29, 0.717) is 6.26 Å². The van der Waals surface area contributed by atoms with Crippen molar-refractivity contribution >= 4 is 11.0 Å². The third kappa shape index (κ3) is 1.50. The summed E-state index contributed by atoms with van der Waals surface area (Å²) in [6.45, 7) is 0. The van der Waals surface area contributed by atoms with E-state index in [2.05, 4.69) is 4.42 Å². The van der Waals surface area contributed by atoms with Crippen molar-refractivity contribution in [1.29, 1.82) is 5.26 Å². The Bertz CT molecular complexity index is 591. The highest BCUT2D eigenvalue weighted by atomic mass is 19.4. The molecule has 0 aliphatic heterocycles. The van der Waals surface area contributed by atoms with Crippen LogP contribution in [-0.4, -0.2) is 0 Å². The van der Waals surface area contributed by atoms with Crippen LogP contribution in [0.4, 0.5) is 17.6 Å². The van der Waals surface area contributed by atoms with Crippen molar-refractivity contribution in [3.05, 3.63) is 35.3 Å². The maximum Gasteiger partial charge on any atom is 0.420 e. The smallest absolute Gasteiger partial charge is 0.420 e. The van der Waals surface area contributed by atoms with Gasteiger partial charge in [0, 0.05) is 11.5 Å². The van der Waals surface area contributed by atoms with Gasteiger partial charge in [0.05, 0.1) is 5.56 Å². The fraction of sp³-hybridized carbons (Fsp3) is 0.100. The zero-order chi connectivity index (χ0) is 11.9. The molecule has 0 bridgehead atoms. The van der Waals surface area contributed by atoms with Gasteiger partial charge in [0.25, 0.3) is 0 Å². The fourth-order valence-electron chi connectivity index (χ4n) is 1.35. The molecule has 2 rings (SSSR count). The summed E-state index contributed by atoms with van der Waals surface area (Å²) in [6.07, 6.45) is -4.08. The highest BCUT2D eigenvalue weighted by molar-refractivity contribution is 5.83. The van der Waals surface area contributed by atoms with Gasteiger partial charge >= 0.3 is 6.18 Å². The number of nitrogens with zero attached hydrogens (tertiary/aromatic N) is 1. The molecule has 0 fully saturated rings. The van der Waals surface area contributed by atoms with Crippen LogP contribution in [-0.2, 0) is 6.18 Å². The van der Waals surface area contributed by atoms with Crippen molar-refractivity contribution < 1.29 is 22.0 Å². The van der Waals surface area contributed by atoms with Crippen molar-refractivity contribution in [2.45, 2.75) is 6.18 Å². The number of furan rings is 1. The summed E-state index contributed by atoms with van der Waals surface area (Å²) in [4.78, 5) is 0. The first-order chi connectivity index (χ1) is 7.43. The van der Waals surface area contributed by atoms with Gasteiger partial charge in [-0.05, 0) is 6.07 Å². The Hall–Kier alpha value is -2.03. The first-order valence-electron chi connectivity index (χ1n) is 4.11. The number of rotatable bonds is 0. The molecule has 0 radical (unpaired) electrons. The van der Waals surface area contributed by atoms with E-state index in [4.69, 9.17) is 5.26 Å². The van der Waals surface area contributed by atoms with Gasteiger partial charge in [-0.2, -0.15) is 18.4 Å². The van der Waals surface area contributed by atoms with Crippen molar-refractivity contribution in [2.75, 3.05) is 0 Å². The predicted octanol–water partition coefficient (Wildman–Crippen LogP) is 3.46. The molecule has 1 aromatic carbocycles. The molecule has 0 saturated heterocycles. The summed E-state index contributed by atoms with van der Waals surface area (Å²) >= 11 is 0. The van der Waals surface area contributed by atoms with Gasteiger partial charge in [-0.15, -0.1) is 0 Å². The third-order valence-corrected chi connectivity index (χ3v) is 2.09. The lowest BCUT2D eigenvalue weighted by atomic mass is 10.1. The monoisotopic (exact) mass is 229 g/mol.